The van der Waals surface area contributed by atoms with E-state index in [9.17, 15) is 4.79 Å². The van der Waals surface area contributed by atoms with Gasteiger partial charge in [0.1, 0.15) is 0 Å². The summed E-state index contributed by atoms with van der Waals surface area (Å²) in [6, 6.07) is 19.0. The van der Waals surface area contributed by atoms with Gasteiger partial charge in [0.15, 0.2) is 5.78 Å². The first kappa shape index (κ1) is 12.1. The average Bonchev–Trinajstić information content (AvgIpc) is 2.46. The SMILES string of the molecule is C#C[C@@H](CC(=O)c1ccccc1)c1ccccc1. The van der Waals surface area contributed by atoms with Crippen molar-refractivity contribution < 1.29 is 4.79 Å². The molecule has 88 valence electrons. The Hall–Kier alpha value is -2.33. The van der Waals surface area contributed by atoms with E-state index in [4.69, 9.17) is 6.42 Å². The van der Waals surface area contributed by atoms with E-state index >= 15 is 0 Å². The predicted molar refractivity (Wildman–Crippen MR) is 73.4 cm³/mol. The lowest BCUT2D eigenvalue weighted by Gasteiger charge is -2.10. The number of carbonyl (C=O) groups is 1. The van der Waals surface area contributed by atoms with Gasteiger partial charge in [0.2, 0.25) is 0 Å². The van der Waals surface area contributed by atoms with Gasteiger partial charge >= 0.3 is 0 Å². The summed E-state index contributed by atoms with van der Waals surface area (Å²) < 4.78 is 0. The van der Waals surface area contributed by atoms with Gasteiger partial charge in [-0.05, 0) is 5.56 Å². The number of benzene rings is 2. The molecule has 0 bridgehead atoms. The summed E-state index contributed by atoms with van der Waals surface area (Å²) in [7, 11) is 0. The van der Waals surface area contributed by atoms with Crippen molar-refractivity contribution in [2.24, 2.45) is 0 Å². The molecular formula is C17H14O. The largest absolute Gasteiger partial charge is 0.294 e. The van der Waals surface area contributed by atoms with Crippen molar-refractivity contribution >= 4 is 5.78 Å². The normalized spacial score (nSPS) is 11.5. The van der Waals surface area contributed by atoms with Gasteiger partial charge in [-0.2, -0.15) is 0 Å². The van der Waals surface area contributed by atoms with Gasteiger partial charge in [-0.1, -0.05) is 66.6 Å². The van der Waals surface area contributed by atoms with Gasteiger partial charge in [0.25, 0.3) is 0 Å². The maximum atomic E-state index is 12.1. The van der Waals surface area contributed by atoms with Gasteiger partial charge in [-0.3, -0.25) is 4.79 Å². The lowest BCUT2D eigenvalue weighted by atomic mass is 9.92. The van der Waals surface area contributed by atoms with E-state index in [0.717, 1.165) is 5.56 Å². The number of hydrogen-bond donors (Lipinski definition) is 0. The highest BCUT2D eigenvalue weighted by Crippen LogP contribution is 2.20. The zero-order valence-corrected chi connectivity index (χ0v) is 10.0. The number of ketones is 1. The van der Waals surface area contributed by atoms with E-state index in [2.05, 4.69) is 5.92 Å². The van der Waals surface area contributed by atoms with E-state index in [1.165, 1.54) is 0 Å². The first-order chi connectivity index (χ1) is 8.81. The topological polar surface area (TPSA) is 17.1 Å². The van der Waals surface area contributed by atoms with Crippen LogP contribution in [0.3, 0.4) is 0 Å². The maximum Gasteiger partial charge on any atom is 0.164 e. The van der Waals surface area contributed by atoms with Crippen molar-refractivity contribution in [2.75, 3.05) is 0 Å². The third kappa shape index (κ3) is 2.87. The Kier molecular flexibility index (Phi) is 3.94. The van der Waals surface area contributed by atoms with Crippen LogP contribution in [-0.2, 0) is 0 Å². The molecule has 1 atom stereocenters. The van der Waals surface area contributed by atoms with E-state index in [1.54, 1.807) is 0 Å². The molecule has 0 spiro atoms. The molecule has 0 radical (unpaired) electrons. The molecule has 0 aromatic heterocycles. The number of carbonyl (C=O) groups excluding carboxylic acids is 1. The Labute approximate surface area is 107 Å². The molecule has 0 saturated heterocycles. The molecule has 0 N–H and O–H groups in total. The summed E-state index contributed by atoms with van der Waals surface area (Å²) in [6.45, 7) is 0. The molecule has 0 fully saturated rings. The highest BCUT2D eigenvalue weighted by molar-refractivity contribution is 5.96. The molecule has 0 aliphatic carbocycles. The summed E-state index contributed by atoms with van der Waals surface area (Å²) >= 11 is 0. The average molecular weight is 234 g/mol. The van der Waals surface area contributed by atoms with Gasteiger partial charge in [0.05, 0.1) is 5.92 Å². The molecule has 0 saturated carbocycles. The summed E-state index contributed by atoms with van der Waals surface area (Å²) in [5.74, 6) is 2.63. The number of terminal acetylenes is 1. The fourth-order valence-corrected chi connectivity index (χ4v) is 1.89. The minimum absolute atomic E-state index is 0.0856. The first-order valence-electron chi connectivity index (χ1n) is 5.90. The smallest absolute Gasteiger partial charge is 0.164 e. The lowest BCUT2D eigenvalue weighted by Crippen LogP contribution is -2.06. The van der Waals surface area contributed by atoms with Crippen LogP contribution in [0.15, 0.2) is 60.7 Å². The third-order valence-electron chi connectivity index (χ3n) is 2.89. The highest BCUT2D eigenvalue weighted by atomic mass is 16.1. The number of hydrogen-bond acceptors (Lipinski definition) is 1. The van der Waals surface area contributed by atoms with Crippen molar-refractivity contribution in [3.63, 3.8) is 0 Å². The van der Waals surface area contributed by atoms with Crippen molar-refractivity contribution in [2.45, 2.75) is 12.3 Å². The second kappa shape index (κ2) is 5.84. The molecule has 1 nitrogen and oxygen atoms in total. The summed E-state index contributed by atoms with van der Waals surface area (Å²) in [5, 5.41) is 0. The monoisotopic (exact) mass is 234 g/mol. The maximum absolute atomic E-state index is 12.1. The molecular weight excluding hydrogens is 220 g/mol. The van der Waals surface area contributed by atoms with E-state index in [0.29, 0.717) is 12.0 Å². The molecule has 2 aromatic carbocycles. The molecule has 0 unspecified atom stereocenters. The minimum Gasteiger partial charge on any atom is -0.294 e. The van der Waals surface area contributed by atoms with Crippen molar-refractivity contribution in [1.29, 1.82) is 0 Å². The Morgan fingerprint density at radius 3 is 2.11 bits per heavy atom. The Balaban J connectivity index is 2.14. The van der Waals surface area contributed by atoms with Gasteiger partial charge in [-0.15, -0.1) is 6.42 Å². The molecule has 18 heavy (non-hydrogen) atoms. The van der Waals surface area contributed by atoms with E-state index < -0.39 is 0 Å². The fourth-order valence-electron chi connectivity index (χ4n) is 1.89. The van der Waals surface area contributed by atoms with Gasteiger partial charge < -0.3 is 0 Å². The second-order valence-corrected chi connectivity index (χ2v) is 4.12. The predicted octanol–water partition coefficient (Wildman–Crippen LogP) is 3.68. The van der Waals surface area contributed by atoms with Crippen LogP contribution in [0.2, 0.25) is 0 Å². The van der Waals surface area contributed by atoms with Crippen LogP contribution in [0.1, 0.15) is 28.3 Å². The Morgan fingerprint density at radius 1 is 1.00 bits per heavy atom. The minimum atomic E-state index is -0.154. The zero-order valence-electron chi connectivity index (χ0n) is 10.0. The molecule has 2 aromatic rings. The molecule has 0 aliphatic heterocycles. The molecule has 0 aliphatic rings. The van der Waals surface area contributed by atoms with Crippen LogP contribution >= 0.6 is 0 Å². The van der Waals surface area contributed by atoms with Crippen LogP contribution in [0.25, 0.3) is 0 Å². The summed E-state index contributed by atoms with van der Waals surface area (Å²) in [6.07, 6.45) is 5.88. The first-order valence-corrected chi connectivity index (χ1v) is 5.90. The molecule has 0 heterocycles. The van der Waals surface area contributed by atoms with Crippen LogP contribution in [0.4, 0.5) is 0 Å². The van der Waals surface area contributed by atoms with Gasteiger partial charge in [0, 0.05) is 12.0 Å². The van der Waals surface area contributed by atoms with E-state index in [1.807, 2.05) is 60.7 Å². The van der Waals surface area contributed by atoms with Crippen LogP contribution < -0.4 is 0 Å². The van der Waals surface area contributed by atoms with Crippen molar-refractivity contribution in [1.82, 2.24) is 0 Å². The molecule has 1 heteroatoms. The third-order valence-corrected chi connectivity index (χ3v) is 2.89. The second-order valence-electron chi connectivity index (χ2n) is 4.12. The standard InChI is InChI=1S/C17H14O/c1-2-14(15-9-5-3-6-10-15)13-17(18)16-11-7-4-8-12-16/h1,3-12,14H,13H2/t14-/m0/s1. The van der Waals surface area contributed by atoms with Crippen molar-refractivity contribution in [3.8, 4) is 12.3 Å². The summed E-state index contributed by atoms with van der Waals surface area (Å²) in [5.41, 5.74) is 1.73. The summed E-state index contributed by atoms with van der Waals surface area (Å²) in [4.78, 5) is 12.1. The van der Waals surface area contributed by atoms with Crippen LogP contribution in [-0.4, -0.2) is 5.78 Å². The van der Waals surface area contributed by atoms with Crippen molar-refractivity contribution in [3.05, 3.63) is 71.8 Å². The Bertz CT molecular complexity index is 549. The molecule has 0 amide bonds. The van der Waals surface area contributed by atoms with Crippen LogP contribution in [0.5, 0.6) is 0 Å². The quantitative estimate of drug-likeness (QED) is 0.582. The van der Waals surface area contributed by atoms with Gasteiger partial charge in [-0.25, -0.2) is 0 Å². The highest BCUT2D eigenvalue weighted by Gasteiger charge is 2.14. The van der Waals surface area contributed by atoms with E-state index in [-0.39, 0.29) is 11.7 Å². The lowest BCUT2D eigenvalue weighted by molar-refractivity contribution is 0.0979. The molecule has 2 rings (SSSR count). The number of Topliss-reactive ketones (excluding diaryl/α,β-unsaturated/α-hetero) is 1. The zero-order chi connectivity index (χ0) is 12.8. The van der Waals surface area contributed by atoms with Crippen LogP contribution in [0, 0.1) is 12.3 Å². The Morgan fingerprint density at radius 2 is 1.56 bits per heavy atom. The number of rotatable bonds is 4. The fraction of sp³-hybridized carbons (Fsp3) is 0.118.